The Balaban J connectivity index is 3.55. The Labute approximate surface area is 142 Å². The van der Waals surface area contributed by atoms with Gasteiger partial charge in [0, 0.05) is 31.5 Å². The Kier molecular flexibility index (Phi) is 13.3. The molecule has 0 aliphatic heterocycles. The molecule has 1 amide bonds. The van der Waals surface area contributed by atoms with Crippen LogP contribution in [0.15, 0.2) is 0 Å². The van der Waals surface area contributed by atoms with Gasteiger partial charge >= 0.3 is 0 Å². The van der Waals surface area contributed by atoms with Crippen molar-refractivity contribution in [3.63, 3.8) is 0 Å². The van der Waals surface area contributed by atoms with Crippen molar-refractivity contribution in [3.8, 4) is 0 Å². The van der Waals surface area contributed by atoms with E-state index in [1.165, 1.54) is 0 Å². The normalized spacial score (nSPS) is 15.4. The Morgan fingerprint density at radius 2 is 1.74 bits per heavy atom. The van der Waals surface area contributed by atoms with E-state index < -0.39 is 6.23 Å². The van der Waals surface area contributed by atoms with Crippen LogP contribution in [0.25, 0.3) is 0 Å². The lowest BCUT2D eigenvalue weighted by atomic mass is 10.1. The van der Waals surface area contributed by atoms with Crippen molar-refractivity contribution in [1.29, 1.82) is 0 Å². The first kappa shape index (κ1) is 22.3. The molecule has 0 aliphatic rings. The summed E-state index contributed by atoms with van der Waals surface area (Å²) in [7, 11) is 3.73. The zero-order valence-corrected chi connectivity index (χ0v) is 15.7. The Morgan fingerprint density at radius 1 is 1.09 bits per heavy atom. The number of amides is 1. The van der Waals surface area contributed by atoms with Crippen LogP contribution in [0.2, 0.25) is 0 Å². The second-order valence-electron chi connectivity index (χ2n) is 6.63. The number of carbonyl (C=O) groups excluding carboxylic acids is 1. The summed E-state index contributed by atoms with van der Waals surface area (Å²) in [6, 6.07) is 0.653. The first-order valence-corrected chi connectivity index (χ1v) is 8.94. The Morgan fingerprint density at radius 3 is 2.35 bits per heavy atom. The lowest BCUT2D eigenvalue weighted by molar-refractivity contribution is -0.121. The summed E-state index contributed by atoms with van der Waals surface area (Å²) in [5.74, 6) is 0.131. The van der Waals surface area contributed by atoms with Crippen molar-refractivity contribution in [3.05, 3.63) is 0 Å². The molecule has 6 heteroatoms. The van der Waals surface area contributed by atoms with Crippen molar-refractivity contribution in [2.45, 2.75) is 71.2 Å². The predicted molar refractivity (Wildman–Crippen MR) is 96.4 cm³/mol. The number of nitrogens with one attached hydrogen (secondary N) is 3. The molecule has 0 aromatic carbocycles. The smallest absolute Gasteiger partial charge is 0.220 e. The van der Waals surface area contributed by atoms with E-state index in [2.05, 4.69) is 36.7 Å². The molecule has 0 bridgehead atoms. The highest BCUT2D eigenvalue weighted by atomic mass is 16.3. The topological polar surface area (TPSA) is 76.6 Å². The van der Waals surface area contributed by atoms with E-state index in [1.807, 2.05) is 14.1 Å². The highest BCUT2D eigenvalue weighted by Gasteiger charge is 2.11. The second kappa shape index (κ2) is 13.7. The number of nitrogens with zero attached hydrogens (tertiary/aromatic N) is 1. The molecule has 3 atom stereocenters. The molecular formula is C17H38N4O2. The molecule has 0 aromatic rings. The minimum atomic E-state index is -0.416. The highest BCUT2D eigenvalue weighted by molar-refractivity contribution is 5.75. The van der Waals surface area contributed by atoms with Gasteiger partial charge in [-0.25, -0.2) is 0 Å². The third kappa shape index (κ3) is 13.4. The monoisotopic (exact) mass is 330 g/mol. The number of carbonyl (C=O) groups is 1. The first-order valence-electron chi connectivity index (χ1n) is 8.94. The number of hydrogen-bond donors (Lipinski definition) is 4. The van der Waals surface area contributed by atoms with E-state index in [0.29, 0.717) is 25.4 Å². The van der Waals surface area contributed by atoms with Crippen LogP contribution in [0.1, 0.15) is 52.9 Å². The van der Waals surface area contributed by atoms with E-state index in [4.69, 9.17) is 0 Å². The Bertz CT molecular complexity index is 300. The van der Waals surface area contributed by atoms with E-state index in [-0.39, 0.29) is 11.9 Å². The van der Waals surface area contributed by atoms with Crippen LogP contribution in [0.3, 0.4) is 0 Å². The van der Waals surface area contributed by atoms with Gasteiger partial charge in [-0.05, 0) is 60.3 Å². The lowest BCUT2D eigenvalue weighted by Gasteiger charge is -2.22. The summed E-state index contributed by atoms with van der Waals surface area (Å²) < 4.78 is 0. The SMILES string of the molecule is CCCNC(C)CCC(=O)NCCCNC(C)CC(O)N(C)C. The molecule has 138 valence electrons. The van der Waals surface area contributed by atoms with Gasteiger partial charge in [-0.3, -0.25) is 9.69 Å². The van der Waals surface area contributed by atoms with Gasteiger partial charge in [0.05, 0.1) is 0 Å². The van der Waals surface area contributed by atoms with Crippen molar-refractivity contribution >= 4 is 5.91 Å². The molecule has 0 fully saturated rings. The average Bonchev–Trinajstić information content (AvgIpc) is 2.50. The quantitative estimate of drug-likeness (QED) is 0.281. The minimum absolute atomic E-state index is 0.131. The predicted octanol–water partition coefficient (Wildman–Crippen LogP) is 0.909. The van der Waals surface area contributed by atoms with Crippen LogP contribution in [0, 0.1) is 0 Å². The maximum atomic E-state index is 11.7. The molecule has 3 unspecified atom stereocenters. The van der Waals surface area contributed by atoms with Crippen molar-refractivity contribution in [1.82, 2.24) is 20.9 Å². The molecule has 23 heavy (non-hydrogen) atoms. The van der Waals surface area contributed by atoms with Crippen LogP contribution in [0.5, 0.6) is 0 Å². The van der Waals surface area contributed by atoms with Crippen LogP contribution < -0.4 is 16.0 Å². The first-order chi connectivity index (χ1) is 10.9. The van der Waals surface area contributed by atoms with E-state index in [0.717, 1.165) is 32.4 Å². The largest absolute Gasteiger partial charge is 0.378 e. The number of rotatable bonds is 14. The fourth-order valence-corrected chi connectivity index (χ4v) is 2.20. The molecule has 0 aliphatic carbocycles. The van der Waals surface area contributed by atoms with Gasteiger partial charge in [-0.1, -0.05) is 6.92 Å². The summed E-state index contributed by atoms with van der Waals surface area (Å²) in [6.45, 7) is 8.88. The number of aliphatic hydroxyl groups excluding tert-OH is 1. The van der Waals surface area contributed by atoms with Gasteiger partial charge in [0.1, 0.15) is 6.23 Å². The van der Waals surface area contributed by atoms with Crippen molar-refractivity contribution < 1.29 is 9.90 Å². The van der Waals surface area contributed by atoms with Gasteiger partial charge in [-0.2, -0.15) is 0 Å². The zero-order chi connectivity index (χ0) is 17.7. The summed E-state index contributed by atoms with van der Waals surface area (Å²) in [6.07, 6.45) is 3.76. The van der Waals surface area contributed by atoms with Gasteiger partial charge < -0.3 is 21.1 Å². The van der Waals surface area contributed by atoms with Crippen LogP contribution in [-0.4, -0.2) is 68.0 Å². The van der Waals surface area contributed by atoms with Gasteiger partial charge in [-0.15, -0.1) is 0 Å². The summed E-state index contributed by atoms with van der Waals surface area (Å²) >= 11 is 0. The molecule has 0 saturated carbocycles. The van der Waals surface area contributed by atoms with Crippen molar-refractivity contribution in [2.24, 2.45) is 0 Å². The average molecular weight is 331 g/mol. The molecule has 0 aromatic heterocycles. The molecule has 0 heterocycles. The van der Waals surface area contributed by atoms with E-state index >= 15 is 0 Å². The minimum Gasteiger partial charge on any atom is -0.378 e. The molecule has 0 spiro atoms. The second-order valence-corrected chi connectivity index (χ2v) is 6.63. The van der Waals surface area contributed by atoms with Crippen LogP contribution in [-0.2, 0) is 4.79 Å². The number of hydrogen-bond acceptors (Lipinski definition) is 5. The molecular weight excluding hydrogens is 292 g/mol. The fraction of sp³-hybridized carbons (Fsp3) is 0.941. The highest BCUT2D eigenvalue weighted by Crippen LogP contribution is 2.00. The molecule has 0 radical (unpaired) electrons. The van der Waals surface area contributed by atoms with Gasteiger partial charge in [0.2, 0.25) is 5.91 Å². The standard InChI is InChI=1S/C17H38N4O2/c1-6-10-18-14(2)8-9-16(22)20-12-7-11-19-15(3)13-17(23)21(4)5/h14-15,17-19,23H,6-13H2,1-5H3,(H,20,22). The maximum absolute atomic E-state index is 11.7. The van der Waals surface area contributed by atoms with Crippen LogP contribution in [0.4, 0.5) is 0 Å². The molecule has 0 rings (SSSR count). The van der Waals surface area contributed by atoms with Crippen LogP contribution >= 0.6 is 0 Å². The summed E-state index contributed by atoms with van der Waals surface area (Å²) in [5, 5.41) is 19.5. The Hall–Kier alpha value is -0.690. The zero-order valence-electron chi connectivity index (χ0n) is 15.7. The van der Waals surface area contributed by atoms with Gasteiger partial charge in [0.25, 0.3) is 0 Å². The van der Waals surface area contributed by atoms with E-state index in [1.54, 1.807) is 4.90 Å². The third-order valence-electron chi connectivity index (χ3n) is 3.88. The summed E-state index contributed by atoms with van der Waals surface area (Å²) in [4.78, 5) is 13.5. The maximum Gasteiger partial charge on any atom is 0.220 e. The molecule has 6 nitrogen and oxygen atoms in total. The molecule has 4 N–H and O–H groups in total. The molecule has 0 saturated heterocycles. The fourth-order valence-electron chi connectivity index (χ4n) is 2.20. The van der Waals surface area contributed by atoms with Crippen molar-refractivity contribution in [2.75, 3.05) is 33.7 Å². The van der Waals surface area contributed by atoms with E-state index in [9.17, 15) is 9.90 Å². The lowest BCUT2D eigenvalue weighted by Crippen LogP contribution is -2.37. The number of aliphatic hydroxyl groups is 1. The summed E-state index contributed by atoms with van der Waals surface area (Å²) in [5.41, 5.74) is 0. The third-order valence-corrected chi connectivity index (χ3v) is 3.88. The van der Waals surface area contributed by atoms with Gasteiger partial charge in [0.15, 0.2) is 0 Å².